The predicted octanol–water partition coefficient (Wildman–Crippen LogP) is 6.91. The summed E-state index contributed by atoms with van der Waals surface area (Å²) in [7, 11) is 2.16. The van der Waals surface area contributed by atoms with Crippen molar-refractivity contribution in [3.8, 4) is 5.75 Å². The van der Waals surface area contributed by atoms with Gasteiger partial charge in [-0.3, -0.25) is 0 Å². The number of benzene rings is 3. The summed E-state index contributed by atoms with van der Waals surface area (Å²) in [5.41, 5.74) is 6.59. The summed E-state index contributed by atoms with van der Waals surface area (Å²) in [5, 5.41) is 0. The summed E-state index contributed by atoms with van der Waals surface area (Å²) in [4.78, 5) is 2.30. The van der Waals surface area contributed by atoms with Crippen LogP contribution in [0.3, 0.4) is 0 Å². The highest BCUT2D eigenvalue weighted by molar-refractivity contribution is 5.77. The molecule has 0 unspecified atom stereocenters. The molecule has 28 heavy (non-hydrogen) atoms. The highest BCUT2D eigenvalue weighted by atomic mass is 16.5. The van der Waals surface area contributed by atoms with Crippen molar-refractivity contribution in [1.29, 1.82) is 0 Å². The minimum Gasteiger partial charge on any atom is -0.494 e. The Hall–Kier alpha value is -2.74. The Kier molecular flexibility index (Phi) is 5.66. The number of para-hydroxylation sites is 2. The van der Waals surface area contributed by atoms with Gasteiger partial charge in [0.05, 0.1) is 6.61 Å². The zero-order chi connectivity index (χ0) is 19.3. The molecular formula is C26H29NO. The molecule has 0 aliphatic carbocycles. The van der Waals surface area contributed by atoms with Gasteiger partial charge in [0.2, 0.25) is 0 Å². The molecule has 2 heteroatoms. The maximum absolute atomic E-state index is 5.94. The van der Waals surface area contributed by atoms with E-state index < -0.39 is 0 Å². The van der Waals surface area contributed by atoms with Gasteiger partial charge in [-0.15, -0.1) is 0 Å². The molecule has 0 aromatic heterocycles. The highest BCUT2D eigenvalue weighted by Crippen LogP contribution is 2.47. The van der Waals surface area contributed by atoms with Crippen molar-refractivity contribution in [2.75, 3.05) is 18.6 Å². The minimum absolute atomic E-state index is 0.252. The average Bonchev–Trinajstić information content (AvgIpc) is 2.75. The second-order valence-electron chi connectivity index (χ2n) is 7.59. The van der Waals surface area contributed by atoms with Crippen LogP contribution in [0, 0.1) is 0 Å². The lowest BCUT2D eigenvalue weighted by molar-refractivity contribution is 0.305. The van der Waals surface area contributed by atoms with Gasteiger partial charge in [0.25, 0.3) is 0 Å². The molecule has 1 aliphatic rings. The molecule has 3 aromatic carbocycles. The fourth-order valence-electron chi connectivity index (χ4n) is 4.21. The Balaban J connectivity index is 1.60. The van der Waals surface area contributed by atoms with Gasteiger partial charge in [-0.05, 0) is 47.4 Å². The normalized spacial score (nSPS) is 13.1. The van der Waals surface area contributed by atoms with E-state index in [1.165, 1.54) is 47.3 Å². The van der Waals surface area contributed by atoms with Gasteiger partial charge in [-0.1, -0.05) is 74.7 Å². The van der Waals surface area contributed by atoms with Gasteiger partial charge >= 0.3 is 0 Å². The molecule has 0 N–H and O–H groups in total. The van der Waals surface area contributed by atoms with E-state index in [2.05, 4.69) is 91.7 Å². The smallest absolute Gasteiger partial charge is 0.119 e. The molecule has 0 amide bonds. The van der Waals surface area contributed by atoms with E-state index in [-0.39, 0.29) is 5.92 Å². The molecule has 0 atom stereocenters. The Morgan fingerprint density at radius 1 is 0.750 bits per heavy atom. The van der Waals surface area contributed by atoms with Crippen LogP contribution in [0.4, 0.5) is 11.4 Å². The lowest BCUT2D eigenvalue weighted by Gasteiger charge is -2.35. The third-order valence-electron chi connectivity index (χ3n) is 5.70. The lowest BCUT2D eigenvalue weighted by atomic mass is 9.80. The van der Waals surface area contributed by atoms with Crippen LogP contribution in [0.5, 0.6) is 5.75 Å². The van der Waals surface area contributed by atoms with Crippen molar-refractivity contribution in [3.05, 3.63) is 89.5 Å². The van der Waals surface area contributed by atoms with Crippen molar-refractivity contribution in [3.63, 3.8) is 0 Å². The van der Waals surface area contributed by atoms with Crippen LogP contribution in [0.15, 0.2) is 72.8 Å². The summed E-state index contributed by atoms with van der Waals surface area (Å²) in [6.07, 6.45) is 4.93. The maximum Gasteiger partial charge on any atom is 0.119 e. The Labute approximate surface area is 168 Å². The Morgan fingerprint density at radius 3 is 1.96 bits per heavy atom. The summed E-state index contributed by atoms with van der Waals surface area (Å²) in [5.74, 6) is 1.22. The van der Waals surface area contributed by atoms with Gasteiger partial charge in [-0.25, -0.2) is 0 Å². The van der Waals surface area contributed by atoms with Crippen LogP contribution in [-0.2, 0) is 0 Å². The largest absolute Gasteiger partial charge is 0.494 e. The first-order valence-corrected chi connectivity index (χ1v) is 10.4. The van der Waals surface area contributed by atoms with Crippen LogP contribution < -0.4 is 9.64 Å². The highest BCUT2D eigenvalue weighted by Gasteiger charge is 2.29. The minimum atomic E-state index is 0.252. The number of hydrogen-bond acceptors (Lipinski definition) is 2. The first-order chi connectivity index (χ1) is 13.8. The van der Waals surface area contributed by atoms with Gasteiger partial charge in [-0.2, -0.15) is 0 Å². The van der Waals surface area contributed by atoms with E-state index in [9.17, 15) is 0 Å². The van der Waals surface area contributed by atoms with Crippen LogP contribution in [0.1, 0.15) is 55.2 Å². The second kappa shape index (κ2) is 8.52. The van der Waals surface area contributed by atoms with E-state index in [4.69, 9.17) is 4.74 Å². The molecular weight excluding hydrogens is 342 g/mol. The zero-order valence-corrected chi connectivity index (χ0v) is 16.9. The third-order valence-corrected chi connectivity index (χ3v) is 5.70. The number of unbranched alkanes of at least 4 members (excludes halogenated alkanes) is 3. The van der Waals surface area contributed by atoms with Crippen LogP contribution in [0.2, 0.25) is 0 Å². The van der Waals surface area contributed by atoms with Gasteiger partial charge in [0, 0.05) is 24.3 Å². The van der Waals surface area contributed by atoms with Gasteiger partial charge in [0.15, 0.2) is 0 Å². The Morgan fingerprint density at radius 2 is 1.36 bits per heavy atom. The van der Waals surface area contributed by atoms with E-state index in [1.54, 1.807) is 0 Å². The first-order valence-electron chi connectivity index (χ1n) is 10.4. The fraction of sp³-hybridized carbons (Fsp3) is 0.308. The van der Waals surface area contributed by atoms with Crippen LogP contribution >= 0.6 is 0 Å². The summed E-state index contributed by atoms with van der Waals surface area (Å²) >= 11 is 0. The summed E-state index contributed by atoms with van der Waals surface area (Å²) < 4.78 is 5.94. The molecule has 1 aliphatic heterocycles. The van der Waals surface area contributed by atoms with Crippen LogP contribution in [-0.4, -0.2) is 13.7 Å². The second-order valence-corrected chi connectivity index (χ2v) is 7.59. The van der Waals surface area contributed by atoms with Gasteiger partial charge < -0.3 is 9.64 Å². The number of ether oxygens (including phenoxy) is 1. The lowest BCUT2D eigenvalue weighted by Crippen LogP contribution is -2.22. The molecule has 144 valence electrons. The first kappa shape index (κ1) is 18.6. The topological polar surface area (TPSA) is 12.5 Å². The molecule has 0 radical (unpaired) electrons. The summed E-state index contributed by atoms with van der Waals surface area (Å²) in [6, 6.07) is 26.2. The predicted molar refractivity (Wildman–Crippen MR) is 118 cm³/mol. The molecule has 0 fully saturated rings. The zero-order valence-electron chi connectivity index (χ0n) is 16.9. The number of nitrogens with zero attached hydrogens (tertiary/aromatic N) is 1. The van der Waals surface area contributed by atoms with Crippen LogP contribution in [0.25, 0.3) is 0 Å². The monoisotopic (exact) mass is 371 g/mol. The van der Waals surface area contributed by atoms with Crippen molar-refractivity contribution in [2.45, 2.75) is 38.5 Å². The maximum atomic E-state index is 5.94. The van der Waals surface area contributed by atoms with E-state index in [0.717, 1.165) is 18.8 Å². The number of anilines is 2. The molecule has 0 saturated heterocycles. The number of rotatable bonds is 7. The van der Waals surface area contributed by atoms with E-state index in [1.807, 2.05) is 0 Å². The molecule has 4 rings (SSSR count). The number of hydrogen-bond donors (Lipinski definition) is 0. The van der Waals surface area contributed by atoms with Crippen molar-refractivity contribution in [2.24, 2.45) is 0 Å². The summed E-state index contributed by atoms with van der Waals surface area (Å²) in [6.45, 7) is 3.04. The molecule has 0 spiro atoms. The molecule has 0 bridgehead atoms. The molecule has 2 nitrogen and oxygen atoms in total. The van der Waals surface area contributed by atoms with Gasteiger partial charge in [0.1, 0.15) is 5.75 Å². The SMILES string of the molecule is CCCCCCOc1ccc(C2c3ccccc3N(C)c3ccccc32)cc1. The molecule has 1 heterocycles. The average molecular weight is 372 g/mol. The Bertz CT molecular complexity index is 868. The standard InChI is InChI=1S/C26H29NO/c1-3-4-5-10-19-28-21-17-15-20(16-18-21)26-22-11-6-8-13-24(22)27(2)25-14-9-7-12-23(25)26/h6-9,11-18,26H,3-5,10,19H2,1-2H3. The fourth-order valence-corrected chi connectivity index (χ4v) is 4.21. The number of fused-ring (bicyclic) bond motifs is 2. The molecule has 0 saturated carbocycles. The molecule has 3 aromatic rings. The third kappa shape index (κ3) is 3.64. The van der Waals surface area contributed by atoms with E-state index in [0.29, 0.717) is 0 Å². The van der Waals surface area contributed by atoms with Crippen molar-refractivity contribution >= 4 is 11.4 Å². The van der Waals surface area contributed by atoms with Crippen molar-refractivity contribution < 1.29 is 4.74 Å². The quantitative estimate of drug-likeness (QED) is 0.418. The van der Waals surface area contributed by atoms with E-state index >= 15 is 0 Å². The van der Waals surface area contributed by atoms with Crippen molar-refractivity contribution in [1.82, 2.24) is 0 Å².